The van der Waals surface area contributed by atoms with Crippen LogP contribution in [0.4, 0.5) is 5.69 Å². The number of amides is 2. The Kier molecular flexibility index (Phi) is 7.19. The highest BCUT2D eigenvalue weighted by Crippen LogP contribution is 2.23. The number of nitrogens with zero attached hydrogens (tertiary/aromatic N) is 1. The van der Waals surface area contributed by atoms with Gasteiger partial charge in [-0.15, -0.1) is 11.3 Å². The summed E-state index contributed by atoms with van der Waals surface area (Å²) in [5.74, 6) is 0.447. The quantitative estimate of drug-likeness (QED) is 0.534. The number of methoxy groups -OCH3 is 1. The van der Waals surface area contributed by atoms with Crippen molar-refractivity contribution in [1.82, 2.24) is 4.90 Å². The summed E-state index contributed by atoms with van der Waals surface area (Å²) < 4.78 is 11.3. The lowest BCUT2D eigenvalue weighted by Gasteiger charge is -2.26. The Morgan fingerprint density at radius 1 is 1.16 bits per heavy atom. The molecule has 2 heterocycles. The molecular formula is C25H26N2O4S. The van der Waals surface area contributed by atoms with Crippen molar-refractivity contribution in [3.05, 3.63) is 82.0 Å². The first-order chi connectivity index (χ1) is 15.6. The van der Waals surface area contributed by atoms with Crippen LogP contribution in [-0.4, -0.2) is 43.1 Å². The van der Waals surface area contributed by atoms with Gasteiger partial charge in [-0.1, -0.05) is 30.3 Å². The second kappa shape index (κ2) is 10.4. The van der Waals surface area contributed by atoms with E-state index in [4.69, 9.17) is 9.47 Å². The Morgan fingerprint density at radius 2 is 2.03 bits per heavy atom. The molecule has 166 valence electrons. The zero-order chi connectivity index (χ0) is 22.3. The number of rotatable bonds is 8. The predicted molar refractivity (Wildman–Crippen MR) is 125 cm³/mol. The summed E-state index contributed by atoms with van der Waals surface area (Å²) in [5, 5.41) is 4.73. The van der Waals surface area contributed by atoms with Gasteiger partial charge in [0.05, 0.1) is 18.1 Å². The number of benzene rings is 2. The number of carbonyl (C=O) groups is 2. The van der Waals surface area contributed by atoms with Crippen LogP contribution in [0.25, 0.3) is 0 Å². The first-order valence-electron chi connectivity index (χ1n) is 10.6. The lowest BCUT2D eigenvalue weighted by molar-refractivity contribution is 0.0505. The van der Waals surface area contributed by atoms with E-state index in [1.807, 2.05) is 35.7 Å². The van der Waals surface area contributed by atoms with Gasteiger partial charge in [-0.2, -0.15) is 0 Å². The molecule has 1 N–H and O–H groups in total. The summed E-state index contributed by atoms with van der Waals surface area (Å²) in [6, 6.07) is 18.4. The van der Waals surface area contributed by atoms with Crippen molar-refractivity contribution in [2.45, 2.75) is 25.5 Å². The summed E-state index contributed by atoms with van der Waals surface area (Å²) in [7, 11) is 1.63. The number of ether oxygens (including phenoxy) is 2. The standard InChI is InChI=1S/C25H26N2O4S/c1-30-22-11-3-2-7-19(22)16-27(17-21-10-5-13-31-21)25(29)18-8-4-9-20(15-18)26-24(28)23-12-6-14-32-23/h2-4,6-9,11-12,14-15,21H,5,10,13,16-17H2,1H3,(H,26,28). The molecular weight excluding hydrogens is 424 g/mol. The van der Waals surface area contributed by atoms with Crippen LogP contribution in [0.3, 0.4) is 0 Å². The second-order valence-electron chi connectivity index (χ2n) is 7.64. The van der Waals surface area contributed by atoms with E-state index < -0.39 is 0 Å². The van der Waals surface area contributed by atoms with Crippen LogP contribution in [0, 0.1) is 0 Å². The number of para-hydroxylation sites is 1. The third kappa shape index (κ3) is 5.36. The van der Waals surface area contributed by atoms with Gasteiger partial charge in [-0.3, -0.25) is 9.59 Å². The number of anilines is 1. The molecule has 0 aliphatic carbocycles. The van der Waals surface area contributed by atoms with Gasteiger partial charge >= 0.3 is 0 Å². The van der Waals surface area contributed by atoms with Crippen LogP contribution in [0.1, 0.15) is 38.4 Å². The molecule has 0 radical (unpaired) electrons. The van der Waals surface area contributed by atoms with Gasteiger partial charge in [-0.05, 0) is 48.6 Å². The van der Waals surface area contributed by atoms with Crippen molar-refractivity contribution in [2.75, 3.05) is 25.6 Å². The van der Waals surface area contributed by atoms with Gasteiger partial charge in [0.2, 0.25) is 0 Å². The molecule has 2 amide bonds. The van der Waals surface area contributed by atoms with Crippen LogP contribution in [0.5, 0.6) is 5.75 Å². The van der Waals surface area contributed by atoms with Gasteiger partial charge in [0.1, 0.15) is 5.75 Å². The molecule has 2 aromatic carbocycles. The van der Waals surface area contributed by atoms with Crippen LogP contribution < -0.4 is 10.1 Å². The highest BCUT2D eigenvalue weighted by atomic mass is 32.1. The molecule has 7 heteroatoms. The summed E-state index contributed by atoms with van der Waals surface area (Å²) >= 11 is 1.38. The largest absolute Gasteiger partial charge is 0.496 e. The molecule has 4 rings (SSSR count). The van der Waals surface area contributed by atoms with E-state index >= 15 is 0 Å². The fourth-order valence-corrected chi connectivity index (χ4v) is 4.42. The molecule has 0 saturated carbocycles. The van der Waals surface area contributed by atoms with Crippen molar-refractivity contribution in [2.24, 2.45) is 0 Å². The maximum atomic E-state index is 13.5. The molecule has 1 atom stereocenters. The third-order valence-corrected chi connectivity index (χ3v) is 6.27. The van der Waals surface area contributed by atoms with Crippen molar-refractivity contribution in [3.8, 4) is 5.75 Å². The molecule has 1 aliphatic rings. The van der Waals surface area contributed by atoms with E-state index in [-0.39, 0.29) is 17.9 Å². The highest BCUT2D eigenvalue weighted by molar-refractivity contribution is 7.12. The fourth-order valence-electron chi connectivity index (χ4n) is 3.81. The Balaban J connectivity index is 1.55. The fraction of sp³-hybridized carbons (Fsp3) is 0.280. The van der Waals surface area contributed by atoms with E-state index in [2.05, 4.69) is 5.32 Å². The van der Waals surface area contributed by atoms with Crippen molar-refractivity contribution >= 4 is 28.8 Å². The Bertz CT molecular complexity index is 1060. The van der Waals surface area contributed by atoms with Gasteiger partial charge < -0.3 is 19.7 Å². The minimum atomic E-state index is -0.185. The maximum Gasteiger partial charge on any atom is 0.265 e. The first-order valence-corrected chi connectivity index (χ1v) is 11.5. The monoisotopic (exact) mass is 450 g/mol. The molecule has 1 fully saturated rings. The van der Waals surface area contributed by atoms with Crippen LogP contribution >= 0.6 is 11.3 Å². The Morgan fingerprint density at radius 3 is 2.78 bits per heavy atom. The normalized spacial score (nSPS) is 15.3. The van der Waals surface area contributed by atoms with E-state index in [0.29, 0.717) is 29.2 Å². The minimum absolute atomic E-state index is 0.0235. The molecule has 0 spiro atoms. The molecule has 1 saturated heterocycles. The molecule has 1 aliphatic heterocycles. The van der Waals surface area contributed by atoms with E-state index in [1.54, 1.807) is 42.3 Å². The van der Waals surface area contributed by atoms with E-state index in [1.165, 1.54) is 11.3 Å². The molecule has 6 nitrogen and oxygen atoms in total. The van der Waals surface area contributed by atoms with E-state index in [9.17, 15) is 9.59 Å². The lowest BCUT2D eigenvalue weighted by Crippen LogP contribution is -2.37. The molecule has 3 aromatic rings. The van der Waals surface area contributed by atoms with Crippen molar-refractivity contribution in [3.63, 3.8) is 0 Å². The lowest BCUT2D eigenvalue weighted by atomic mass is 10.1. The second-order valence-corrected chi connectivity index (χ2v) is 8.59. The van der Waals surface area contributed by atoms with Gasteiger partial charge in [0, 0.05) is 36.5 Å². The Labute approximate surface area is 191 Å². The summed E-state index contributed by atoms with van der Waals surface area (Å²) in [4.78, 5) is 28.4. The molecule has 0 bridgehead atoms. The number of hydrogen-bond donors (Lipinski definition) is 1. The van der Waals surface area contributed by atoms with E-state index in [0.717, 1.165) is 30.8 Å². The predicted octanol–water partition coefficient (Wildman–Crippen LogP) is 4.83. The summed E-state index contributed by atoms with van der Waals surface area (Å²) in [6.07, 6.45) is 1.97. The topological polar surface area (TPSA) is 67.9 Å². The summed E-state index contributed by atoms with van der Waals surface area (Å²) in [5.41, 5.74) is 2.04. The van der Waals surface area contributed by atoms with Crippen LogP contribution in [0.2, 0.25) is 0 Å². The van der Waals surface area contributed by atoms with Crippen LogP contribution in [-0.2, 0) is 11.3 Å². The number of thiophene rings is 1. The maximum absolute atomic E-state index is 13.5. The van der Waals surface area contributed by atoms with Gasteiger partial charge in [-0.25, -0.2) is 0 Å². The van der Waals surface area contributed by atoms with Gasteiger partial charge in [0.25, 0.3) is 11.8 Å². The Hall–Kier alpha value is -3.16. The molecule has 32 heavy (non-hydrogen) atoms. The number of nitrogens with one attached hydrogen (secondary N) is 1. The highest BCUT2D eigenvalue weighted by Gasteiger charge is 2.25. The molecule has 1 unspecified atom stereocenters. The average Bonchev–Trinajstić information content (AvgIpc) is 3.53. The average molecular weight is 451 g/mol. The van der Waals surface area contributed by atoms with Crippen molar-refractivity contribution in [1.29, 1.82) is 0 Å². The SMILES string of the molecule is COc1ccccc1CN(CC1CCCO1)C(=O)c1cccc(NC(=O)c2cccs2)c1. The zero-order valence-corrected chi connectivity index (χ0v) is 18.8. The summed E-state index contributed by atoms with van der Waals surface area (Å²) in [6.45, 7) is 1.64. The number of carbonyl (C=O) groups excluding carboxylic acids is 2. The minimum Gasteiger partial charge on any atom is -0.496 e. The van der Waals surface area contributed by atoms with Crippen LogP contribution in [0.15, 0.2) is 66.0 Å². The smallest absolute Gasteiger partial charge is 0.265 e. The molecule has 1 aromatic heterocycles. The third-order valence-electron chi connectivity index (χ3n) is 5.40. The van der Waals surface area contributed by atoms with Gasteiger partial charge in [0.15, 0.2) is 0 Å². The number of hydrogen-bond acceptors (Lipinski definition) is 5. The van der Waals surface area contributed by atoms with Crippen molar-refractivity contribution < 1.29 is 19.1 Å². The zero-order valence-electron chi connectivity index (χ0n) is 18.0. The first kappa shape index (κ1) is 22.0.